The van der Waals surface area contributed by atoms with Crippen LogP contribution in [0.25, 0.3) is 0 Å². The van der Waals surface area contributed by atoms with Crippen molar-refractivity contribution in [3.8, 4) is 0 Å². The second-order valence-corrected chi connectivity index (χ2v) is 9.27. The first kappa shape index (κ1) is 11.2. The van der Waals surface area contributed by atoms with E-state index in [2.05, 4.69) is 40.8 Å². The molecule has 0 amide bonds. The smallest absolute Gasteiger partial charge is 0.191 e. The molecule has 1 radical (unpaired) electrons. The molecule has 1 nitrogen and oxygen atoms in total. The summed E-state index contributed by atoms with van der Waals surface area (Å²) in [6, 6.07) is 0. The zero-order valence-electron chi connectivity index (χ0n) is 8.53. The van der Waals surface area contributed by atoms with Crippen LogP contribution < -0.4 is 0 Å². The largest absolute Gasteiger partial charge is 0.417 e. The molecule has 0 bridgehead atoms. The van der Waals surface area contributed by atoms with E-state index in [-0.39, 0.29) is 0 Å². The van der Waals surface area contributed by atoms with Crippen molar-refractivity contribution in [2.45, 2.75) is 45.3 Å². The highest BCUT2D eigenvalue weighted by atomic mass is 28.4. The predicted molar refractivity (Wildman–Crippen MR) is 53.1 cm³/mol. The molecule has 0 aliphatic heterocycles. The van der Waals surface area contributed by atoms with Gasteiger partial charge in [0.1, 0.15) is 0 Å². The molecule has 0 aromatic carbocycles. The molecule has 67 valence electrons. The maximum Gasteiger partial charge on any atom is 0.191 e. The summed E-state index contributed by atoms with van der Waals surface area (Å²) in [5.74, 6) is 0. The first-order valence-electron chi connectivity index (χ1n) is 4.24. The fourth-order valence-electron chi connectivity index (χ4n) is 0.544. The molecule has 0 rings (SSSR count). The minimum Gasteiger partial charge on any atom is -0.417 e. The van der Waals surface area contributed by atoms with Crippen LogP contribution in [0, 0.1) is 6.92 Å². The quantitative estimate of drug-likeness (QED) is 0.595. The Morgan fingerprint density at radius 2 is 1.73 bits per heavy atom. The van der Waals surface area contributed by atoms with Crippen LogP contribution in [-0.2, 0) is 4.43 Å². The average molecular weight is 173 g/mol. The summed E-state index contributed by atoms with van der Waals surface area (Å²) in [7, 11) is -1.47. The van der Waals surface area contributed by atoms with Crippen molar-refractivity contribution in [3.63, 3.8) is 0 Å². The van der Waals surface area contributed by atoms with E-state index in [1.165, 1.54) is 0 Å². The maximum atomic E-state index is 5.82. The van der Waals surface area contributed by atoms with E-state index in [0.29, 0.717) is 5.04 Å². The van der Waals surface area contributed by atoms with Crippen molar-refractivity contribution in [1.82, 2.24) is 0 Å². The van der Waals surface area contributed by atoms with Crippen molar-refractivity contribution < 1.29 is 4.43 Å². The molecule has 11 heavy (non-hydrogen) atoms. The summed E-state index contributed by atoms with van der Waals surface area (Å²) in [6.45, 7) is 15.9. The fraction of sp³-hybridized carbons (Fsp3) is 0.889. The topological polar surface area (TPSA) is 9.23 Å². The molecule has 0 unspecified atom stereocenters. The van der Waals surface area contributed by atoms with Gasteiger partial charge < -0.3 is 4.43 Å². The highest BCUT2D eigenvalue weighted by Crippen LogP contribution is 2.36. The Morgan fingerprint density at radius 1 is 1.27 bits per heavy atom. The second-order valence-electron chi connectivity index (χ2n) is 4.46. The average Bonchev–Trinajstić information content (AvgIpc) is 1.81. The first-order valence-corrected chi connectivity index (χ1v) is 7.15. The molecule has 0 N–H and O–H groups in total. The Morgan fingerprint density at radius 3 is 2.00 bits per heavy atom. The molecule has 0 fully saturated rings. The van der Waals surface area contributed by atoms with E-state index in [1.54, 1.807) is 0 Å². The molecule has 0 saturated carbocycles. The summed E-state index contributed by atoms with van der Waals surface area (Å²) in [6.07, 6.45) is 0.881. The Hall–Kier alpha value is 0.177. The van der Waals surface area contributed by atoms with Gasteiger partial charge in [0.15, 0.2) is 8.32 Å². The van der Waals surface area contributed by atoms with Crippen molar-refractivity contribution in [2.75, 3.05) is 6.61 Å². The van der Waals surface area contributed by atoms with Gasteiger partial charge in [-0.1, -0.05) is 27.7 Å². The molecule has 0 aromatic heterocycles. The third kappa shape index (κ3) is 3.39. The van der Waals surface area contributed by atoms with Crippen LogP contribution in [0.1, 0.15) is 27.2 Å². The van der Waals surface area contributed by atoms with E-state index in [1.807, 2.05) is 0 Å². The van der Waals surface area contributed by atoms with Gasteiger partial charge in [-0.25, -0.2) is 0 Å². The van der Waals surface area contributed by atoms with Gasteiger partial charge in [0.05, 0.1) is 0 Å². The van der Waals surface area contributed by atoms with Crippen LogP contribution in [0.5, 0.6) is 0 Å². The normalized spacial score (nSPS) is 13.6. The van der Waals surface area contributed by atoms with E-state index in [4.69, 9.17) is 4.43 Å². The lowest BCUT2D eigenvalue weighted by atomic mass is 10.2. The molecular formula is C9H21OSi. The summed E-state index contributed by atoms with van der Waals surface area (Å²) in [5, 5.41) is 0.335. The van der Waals surface area contributed by atoms with Crippen LogP contribution in [0.3, 0.4) is 0 Å². The summed E-state index contributed by atoms with van der Waals surface area (Å²) in [4.78, 5) is 0. The Kier molecular flexibility index (Phi) is 3.78. The Balaban J connectivity index is 4.00. The summed E-state index contributed by atoms with van der Waals surface area (Å²) in [5.41, 5.74) is 0. The fourth-order valence-corrected chi connectivity index (χ4v) is 1.63. The number of rotatable bonds is 3. The molecule has 0 saturated heterocycles. The van der Waals surface area contributed by atoms with Crippen molar-refractivity contribution in [3.05, 3.63) is 6.92 Å². The van der Waals surface area contributed by atoms with Gasteiger partial charge in [-0.05, 0) is 24.6 Å². The third-order valence-electron chi connectivity index (χ3n) is 2.41. The summed E-state index contributed by atoms with van der Waals surface area (Å²) >= 11 is 0. The van der Waals surface area contributed by atoms with Gasteiger partial charge >= 0.3 is 0 Å². The first-order chi connectivity index (χ1) is 4.81. The lowest BCUT2D eigenvalue weighted by molar-refractivity contribution is 0.294. The van der Waals surface area contributed by atoms with Gasteiger partial charge in [0, 0.05) is 6.61 Å². The van der Waals surface area contributed by atoms with Crippen LogP contribution in [-0.4, -0.2) is 14.9 Å². The zero-order valence-corrected chi connectivity index (χ0v) is 9.53. The van der Waals surface area contributed by atoms with E-state index in [9.17, 15) is 0 Å². The number of hydrogen-bond donors (Lipinski definition) is 0. The highest BCUT2D eigenvalue weighted by molar-refractivity contribution is 6.74. The van der Waals surface area contributed by atoms with E-state index >= 15 is 0 Å². The van der Waals surface area contributed by atoms with E-state index in [0.717, 1.165) is 13.0 Å². The van der Waals surface area contributed by atoms with Crippen LogP contribution >= 0.6 is 0 Å². The van der Waals surface area contributed by atoms with Crippen LogP contribution in [0.4, 0.5) is 0 Å². The minimum atomic E-state index is -1.47. The highest BCUT2D eigenvalue weighted by Gasteiger charge is 2.36. The predicted octanol–water partition coefficient (Wildman–Crippen LogP) is 3.23. The Bertz CT molecular complexity index is 113. The van der Waals surface area contributed by atoms with Gasteiger partial charge in [-0.15, -0.1) is 0 Å². The van der Waals surface area contributed by atoms with Crippen LogP contribution in [0.15, 0.2) is 0 Å². The van der Waals surface area contributed by atoms with Crippen molar-refractivity contribution in [1.29, 1.82) is 0 Å². The molecule has 0 spiro atoms. The standard InChI is InChI=1S/C9H21OSi/c1-7-8-10-11(5,6)9(2,3)4/h1,7-8H2,2-6H3. The van der Waals surface area contributed by atoms with Crippen molar-refractivity contribution >= 4 is 8.32 Å². The van der Waals surface area contributed by atoms with Gasteiger partial charge in [0.2, 0.25) is 0 Å². The van der Waals surface area contributed by atoms with Gasteiger partial charge in [-0.3, -0.25) is 0 Å². The summed E-state index contributed by atoms with van der Waals surface area (Å²) < 4.78 is 5.82. The molecule has 2 heteroatoms. The molecule has 0 aromatic rings. The zero-order chi connectivity index (χ0) is 9.12. The lowest BCUT2D eigenvalue weighted by Gasteiger charge is -2.36. The molecular weight excluding hydrogens is 152 g/mol. The van der Waals surface area contributed by atoms with Gasteiger partial charge in [-0.2, -0.15) is 0 Å². The van der Waals surface area contributed by atoms with Crippen molar-refractivity contribution in [2.24, 2.45) is 0 Å². The monoisotopic (exact) mass is 173 g/mol. The molecule has 0 aliphatic rings. The third-order valence-corrected chi connectivity index (χ3v) is 6.95. The molecule has 0 atom stereocenters. The molecule has 0 heterocycles. The lowest BCUT2D eigenvalue weighted by Crippen LogP contribution is -2.40. The SMILES string of the molecule is [CH2]CCO[Si](C)(C)C(C)(C)C. The van der Waals surface area contributed by atoms with Gasteiger partial charge in [0.25, 0.3) is 0 Å². The Labute approximate surface area is 72.3 Å². The second kappa shape index (κ2) is 3.72. The maximum absolute atomic E-state index is 5.82. The van der Waals surface area contributed by atoms with E-state index < -0.39 is 8.32 Å². The molecule has 0 aliphatic carbocycles. The number of hydrogen-bond acceptors (Lipinski definition) is 1. The minimum absolute atomic E-state index is 0.335. The van der Waals surface area contributed by atoms with Crippen LogP contribution in [0.2, 0.25) is 18.1 Å².